The highest BCUT2D eigenvalue weighted by Gasteiger charge is 2.13. The van der Waals surface area contributed by atoms with Crippen LogP contribution in [0.3, 0.4) is 0 Å². The van der Waals surface area contributed by atoms with Crippen LogP contribution in [0.4, 0.5) is 5.69 Å². The Morgan fingerprint density at radius 1 is 1.33 bits per heavy atom. The average molecular weight is 349 g/mol. The Bertz CT molecular complexity index is 701. The first kappa shape index (κ1) is 15.2. The summed E-state index contributed by atoms with van der Waals surface area (Å²) in [6, 6.07) is 6.79. The number of anilines is 1. The van der Waals surface area contributed by atoms with Crippen molar-refractivity contribution in [3.63, 3.8) is 0 Å². The number of nitrogens with one attached hydrogen (secondary N) is 1. The second-order valence-electron chi connectivity index (χ2n) is 4.51. The van der Waals surface area contributed by atoms with E-state index in [-0.39, 0.29) is 12.3 Å². The standard InChI is InChI=1S/C15H13BrN2O3/c1-9-10(5-14(19)20)3-2-4-13(9)15(21)18-12-6-11(16)7-17-8-12/h2-4,6-8H,5H2,1H3,(H,18,21)(H,19,20). The molecule has 0 radical (unpaired) electrons. The first-order valence-corrected chi connectivity index (χ1v) is 6.99. The van der Waals surface area contributed by atoms with Crippen LogP contribution in [0.1, 0.15) is 21.5 Å². The molecule has 0 unspecified atom stereocenters. The SMILES string of the molecule is Cc1c(CC(=O)O)cccc1C(=O)Nc1cncc(Br)c1. The highest BCUT2D eigenvalue weighted by Crippen LogP contribution is 2.18. The normalized spacial score (nSPS) is 10.2. The summed E-state index contributed by atoms with van der Waals surface area (Å²) in [7, 11) is 0. The fourth-order valence-electron chi connectivity index (χ4n) is 1.96. The number of hydrogen-bond donors (Lipinski definition) is 2. The summed E-state index contributed by atoms with van der Waals surface area (Å²) in [4.78, 5) is 27.1. The summed E-state index contributed by atoms with van der Waals surface area (Å²) in [5.41, 5.74) is 2.31. The van der Waals surface area contributed by atoms with Crippen LogP contribution in [0.5, 0.6) is 0 Å². The summed E-state index contributed by atoms with van der Waals surface area (Å²) in [6.07, 6.45) is 3.05. The Labute approximate surface area is 130 Å². The number of aliphatic carboxylic acids is 1. The van der Waals surface area contributed by atoms with E-state index >= 15 is 0 Å². The quantitative estimate of drug-likeness (QED) is 0.889. The zero-order valence-electron chi connectivity index (χ0n) is 11.3. The first-order chi connectivity index (χ1) is 9.97. The van der Waals surface area contributed by atoms with Crippen molar-refractivity contribution < 1.29 is 14.7 Å². The van der Waals surface area contributed by atoms with E-state index in [1.165, 1.54) is 0 Å². The fourth-order valence-corrected chi connectivity index (χ4v) is 2.33. The van der Waals surface area contributed by atoms with Crippen LogP contribution in [-0.4, -0.2) is 22.0 Å². The molecule has 0 fully saturated rings. The summed E-state index contributed by atoms with van der Waals surface area (Å²) >= 11 is 3.28. The van der Waals surface area contributed by atoms with E-state index < -0.39 is 5.97 Å². The van der Waals surface area contributed by atoms with E-state index in [9.17, 15) is 9.59 Å². The predicted octanol–water partition coefficient (Wildman–Crippen LogP) is 3.03. The molecule has 21 heavy (non-hydrogen) atoms. The van der Waals surface area contributed by atoms with Gasteiger partial charge in [0.1, 0.15) is 0 Å². The van der Waals surface area contributed by atoms with Gasteiger partial charge in [0.05, 0.1) is 18.3 Å². The van der Waals surface area contributed by atoms with E-state index in [1.807, 2.05) is 0 Å². The van der Waals surface area contributed by atoms with Gasteiger partial charge in [-0.05, 0) is 46.1 Å². The summed E-state index contributed by atoms with van der Waals surface area (Å²) in [6.45, 7) is 1.74. The van der Waals surface area contributed by atoms with E-state index in [1.54, 1.807) is 43.6 Å². The maximum Gasteiger partial charge on any atom is 0.307 e. The van der Waals surface area contributed by atoms with Crippen molar-refractivity contribution in [3.05, 3.63) is 57.8 Å². The number of nitrogens with zero attached hydrogens (tertiary/aromatic N) is 1. The molecule has 1 aromatic heterocycles. The molecule has 0 atom stereocenters. The van der Waals surface area contributed by atoms with Crippen molar-refractivity contribution in [1.29, 1.82) is 0 Å². The smallest absolute Gasteiger partial charge is 0.307 e. The average Bonchev–Trinajstić information content (AvgIpc) is 2.40. The molecule has 1 aromatic carbocycles. The molecule has 0 aliphatic carbocycles. The number of carbonyl (C=O) groups is 2. The third kappa shape index (κ3) is 3.88. The van der Waals surface area contributed by atoms with Gasteiger partial charge in [-0.15, -0.1) is 0 Å². The molecule has 2 aromatic rings. The number of amides is 1. The molecular formula is C15H13BrN2O3. The van der Waals surface area contributed by atoms with Crippen LogP contribution >= 0.6 is 15.9 Å². The predicted molar refractivity (Wildman–Crippen MR) is 82.4 cm³/mol. The van der Waals surface area contributed by atoms with Gasteiger partial charge < -0.3 is 10.4 Å². The molecule has 1 heterocycles. The third-order valence-electron chi connectivity index (χ3n) is 3.00. The van der Waals surface area contributed by atoms with E-state index in [0.717, 1.165) is 4.47 Å². The molecule has 0 aliphatic heterocycles. The third-order valence-corrected chi connectivity index (χ3v) is 3.43. The lowest BCUT2D eigenvalue weighted by Gasteiger charge is -2.10. The van der Waals surface area contributed by atoms with Crippen molar-refractivity contribution in [2.45, 2.75) is 13.3 Å². The van der Waals surface area contributed by atoms with Gasteiger partial charge in [0.2, 0.25) is 0 Å². The van der Waals surface area contributed by atoms with Gasteiger partial charge in [-0.2, -0.15) is 0 Å². The topological polar surface area (TPSA) is 79.3 Å². The highest BCUT2D eigenvalue weighted by atomic mass is 79.9. The van der Waals surface area contributed by atoms with Crippen LogP contribution in [0.25, 0.3) is 0 Å². The van der Waals surface area contributed by atoms with Crippen LogP contribution in [0, 0.1) is 6.92 Å². The molecule has 0 spiro atoms. The van der Waals surface area contributed by atoms with Gasteiger partial charge >= 0.3 is 5.97 Å². The molecule has 0 saturated carbocycles. The van der Waals surface area contributed by atoms with Crippen LogP contribution in [-0.2, 0) is 11.2 Å². The largest absolute Gasteiger partial charge is 0.481 e. The molecule has 0 saturated heterocycles. The van der Waals surface area contributed by atoms with E-state index in [0.29, 0.717) is 22.4 Å². The Kier molecular flexibility index (Phi) is 4.70. The van der Waals surface area contributed by atoms with Crippen molar-refractivity contribution in [2.24, 2.45) is 0 Å². The van der Waals surface area contributed by atoms with Crippen LogP contribution < -0.4 is 5.32 Å². The van der Waals surface area contributed by atoms with Gasteiger partial charge in [0.15, 0.2) is 0 Å². The lowest BCUT2D eigenvalue weighted by molar-refractivity contribution is -0.136. The number of benzene rings is 1. The van der Waals surface area contributed by atoms with Crippen molar-refractivity contribution in [3.8, 4) is 0 Å². The molecule has 0 aliphatic rings. The van der Waals surface area contributed by atoms with Gasteiger partial charge in [0.25, 0.3) is 5.91 Å². The first-order valence-electron chi connectivity index (χ1n) is 6.19. The second-order valence-corrected chi connectivity index (χ2v) is 5.42. The zero-order chi connectivity index (χ0) is 15.4. The Balaban J connectivity index is 2.25. The lowest BCUT2D eigenvalue weighted by Crippen LogP contribution is -2.15. The molecule has 2 rings (SSSR count). The molecule has 6 heteroatoms. The minimum absolute atomic E-state index is 0.106. The van der Waals surface area contributed by atoms with Gasteiger partial charge in [-0.1, -0.05) is 12.1 Å². The molecule has 0 bridgehead atoms. The van der Waals surface area contributed by atoms with Crippen LogP contribution in [0.2, 0.25) is 0 Å². The number of rotatable bonds is 4. The number of pyridine rings is 1. The summed E-state index contributed by atoms with van der Waals surface area (Å²) < 4.78 is 0.761. The minimum atomic E-state index is -0.924. The van der Waals surface area contributed by atoms with E-state index in [4.69, 9.17) is 5.11 Å². The Hall–Kier alpha value is -2.21. The lowest BCUT2D eigenvalue weighted by atomic mass is 9.99. The number of aromatic nitrogens is 1. The molecule has 1 amide bonds. The van der Waals surface area contributed by atoms with E-state index in [2.05, 4.69) is 26.2 Å². The zero-order valence-corrected chi connectivity index (χ0v) is 12.8. The molecular weight excluding hydrogens is 336 g/mol. The fraction of sp³-hybridized carbons (Fsp3) is 0.133. The van der Waals surface area contributed by atoms with Gasteiger partial charge in [-0.25, -0.2) is 0 Å². The Morgan fingerprint density at radius 3 is 2.76 bits per heavy atom. The van der Waals surface area contributed by atoms with Crippen LogP contribution in [0.15, 0.2) is 41.1 Å². The number of carboxylic acid groups (broad SMARTS) is 1. The summed E-state index contributed by atoms with van der Waals surface area (Å²) in [5, 5.41) is 11.6. The van der Waals surface area contributed by atoms with Crippen molar-refractivity contribution in [1.82, 2.24) is 4.98 Å². The Morgan fingerprint density at radius 2 is 2.10 bits per heavy atom. The molecule has 2 N–H and O–H groups in total. The number of hydrogen-bond acceptors (Lipinski definition) is 3. The number of halogens is 1. The summed E-state index contributed by atoms with van der Waals surface area (Å²) in [5.74, 6) is -1.22. The van der Waals surface area contributed by atoms with Gasteiger partial charge in [-0.3, -0.25) is 14.6 Å². The maximum absolute atomic E-state index is 12.3. The molecule has 108 valence electrons. The second kappa shape index (κ2) is 6.49. The molecule has 5 nitrogen and oxygen atoms in total. The highest BCUT2D eigenvalue weighted by molar-refractivity contribution is 9.10. The maximum atomic E-state index is 12.3. The minimum Gasteiger partial charge on any atom is -0.481 e. The monoisotopic (exact) mass is 348 g/mol. The van der Waals surface area contributed by atoms with Gasteiger partial charge in [0, 0.05) is 16.2 Å². The number of carbonyl (C=O) groups excluding carboxylic acids is 1. The number of carboxylic acids is 1. The van der Waals surface area contributed by atoms with Crippen molar-refractivity contribution >= 4 is 33.5 Å². The van der Waals surface area contributed by atoms with Crippen molar-refractivity contribution in [2.75, 3.05) is 5.32 Å².